The summed E-state index contributed by atoms with van der Waals surface area (Å²) in [4.78, 5) is 20.7. The van der Waals surface area contributed by atoms with Crippen molar-refractivity contribution in [1.82, 2.24) is 35.5 Å². The molecule has 0 spiro atoms. The highest BCUT2D eigenvalue weighted by Crippen LogP contribution is 2.33. The minimum absolute atomic E-state index is 0.210. The molecule has 0 radical (unpaired) electrons. The number of carbonyl (C=O) groups excluding carboxylic acids is 1. The molecular formula is C21H17ClFN7O2. The second-order valence-corrected chi connectivity index (χ2v) is 7.27. The maximum atomic E-state index is 13.5. The molecule has 0 saturated heterocycles. The number of aryl methyl sites for hydroxylation is 1. The first-order valence-electron chi connectivity index (χ1n) is 9.51. The zero-order valence-electron chi connectivity index (χ0n) is 17.0. The van der Waals surface area contributed by atoms with Gasteiger partial charge in [0.1, 0.15) is 11.6 Å². The van der Waals surface area contributed by atoms with Gasteiger partial charge in [0.25, 0.3) is 0 Å². The lowest BCUT2D eigenvalue weighted by Gasteiger charge is -2.15. The van der Waals surface area contributed by atoms with Gasteiger partial charge in [-0.3, -0.25) is 9.97 Å². The number of tetrazole rings is 1. The lowest BCUT2D eigenvalue weighted by molar-refractivity contribution is 0.196. The number of benzene rings is 2. The third kappa shape index (κ3) is 4.70. The zero-order chi connectivity index (χ0) is 22.7. The number of hydrogen-bond acceptors (Lipinski definition) is 7. The van der Waals surface area contributed by atoms with Crippen LogP contribution in [0.2, 0.25) is 5.02 Å². The molecule has 0 saturated carbocycles. The smallest absolute Gasteiger partial charge is 0.410 e. The van der Waals surface area contributed by atoms with Crippen molar-refractivity contribution >= 4 is 17.7 Å². The largest absolute Gasteiger partial charge is 0.413 e. The fraction of sp³-hybridized carbons (Fsp3) is 0.143. The number of ether oxygens (including phenoxy) is 1. The molecule has 0 bridgehead atoms. The average Bonchev–Trinajstić information content (AvgIpc) is 3.20. The van der Waals surface area contributed by atoms with E-state index in [-0.39, 0.29) is 10.8 Å². The highest BCUT2D eigenvalue weighted by Gasteiger charge is 2.16. The summed E-state index contributed by atoms with van der Waals surface area (Å²) < 4.78 is 20.5. The van der Waals surface area contributed by atoms with Gasteiger partial charge >= 0.3 is 6.09 Å². The fourth-order valence-electron chi connectivity index (χ4n) is 3.04. The molecule has 1 amide bonds. The standard InChI is InChI=1S/C21H17ClFN7O2/c1-12(20-11-24-5-6-25-20)26-21(31)32-17-8-14(18-4-3-15(23)9-19(18)22)7-16(10-17)30-13(2)27-28-29-30/h3-12H,1-2H3,(H,26,31). The Labute approximate surface area is 187 Å². The summed E-state index contributed by atoms with van der Waals surface area (Å²) in [5.41, 5.74) is 2.27. The zero-order valence-corrected chi connectivity index (χ0v) is 17.8. The van der Waals surface area contributed by atoms with E-state index >= 15 is 0 Å². The van der Waals surface area contributed by atoms with E-state index < -0.39 is 18.0 Å². The first kappa shape index (κ1) is 21.3. The van der Waals surface area contributed by atoms with Crippen molar-refractivity contribution in [2.45, 2.75) is 19.9 Å². The maximum Gasteiger partial charge on any atom is 0.413 e. The summed E-state index contributed by atoms with van der Waals surface area (Å²) >= 11 is 6.25. The van der Waals surface area contributed by atoms with Gasteiger partial charge in [-0.05, 0) is 60.2 Å². The number of rotatable bonds is 5. The van der Waals surface area contributed by atoms with Crippen LogP contribution < -0.4 is 10.1 Å². The second-order valence-electron chi connectivity index (χ2n) is 6.86. The molecule has 2 aromatic heterocycles. The van der Waals surface area contributed by atoms with Crippen LogP contribution in [0.15, 0.2) is 55.0 Å². The molecular weight excluding hydrogens is 437 g/mol. The van der Waals surface area contributed by atoms with Gasteiger partial charge < -0.3 is 10.1 Å². The highest BCUT2D eigenvalue weighted by atomic mass is 35.5. The lowest BCUT2D eigenvalue weighted by atomic mass is 10.0. The number of nitrogens with one attached hydrogen (secondary N) is 1. The van der Waals surface area contributed by atoms with Gasteiger partial charge in [0, 0.05) is 24.0 Å². The maximum absolute atomic E-state index is 13.5. The van der Waals surface area contributed by atoms with Crippen molar-refractivity contribution in [2.24, 2.45) is 0 Å². The van der Waals surface area contributed by atoms with E-state index in [4.69, 9.17) is 16.3 Å². The predicted molar refractivity (Wildman–Crippen MR) is 114 cm³/mol. The number of halogens is 2. The number of amides is 1. The van der Waals surface area contributed by atoms with Crippen LogP contribution in [0.3, 0.4) is 0 Å². The SMILES string of the molecule is Cc1nnnn1-c1cc(OC(=O)NC(C)c2cnccn2)cc(-c2ccc(F)cc2Cl)c1. The third-order valence-electron chi connectivity index (χ3n) is 4.58. The van der Waals surface area contributed by atoms with Crippen LogP contribution in [-0.4, -0.2) is 36.3 Å². The quantitative estimate of drug-likeness (QED) is 0.485. The summed E-state index contributed by atoms with van der Waals surface area (Å²) in [5.74, 6) is 0.288. The molecule has 1 N–H and O–H groups in total. The average molecular weight is 454 g/mol. The molecule has 0 aliphatic heterocycles. The van der Waals surface area contributed by atoms with Crippen LogP contribution in [0.25, 0.3) is 16.8 Å². The summed E-state index contributed by atoms with van der Waals surface area (Å²) in [5, 5.41) is 14.4. The Morgan fingerprint density at radius 2 is 2.06 bits per heavy atom. The molecule has 0 aliphatic carbocycles. The molecule has 162 valence electrons. The predicted octanol–water partition coefficient (Wildman–Crippen LogP) is 4.07. The second kappa shape index (κ2) is 9.06. The van der Waals surface area contributed by atoms with Crippen molar-refractivity contribution in [3.8, 4) is 22.6 Å². The van der Waals surface area contributed by atoms with E-state index in [1.54, 1.807) is 50.5 Å². The molecule has 4 aromatic rings. The Kier molecular flexibility index (Phi) is 6.04. The number of carbonyl (C=O) groups is 1. The number of nitrogens with zero attached hydrogens (tertiary/aromatic N) is 6. The molecule has 1 atom stereocenters. The van der Waals surface area contributed by atoms with Crippen molar-refractivity contribution in [3.05, 3.63) is 77.3 Å². The van der Waals surface area contributed by atoms with Crippen molar-refractivity contribution in [1.29, 1.82) is 0 Å². The lowest BCUT2D eigenvalue weighted by Crippen LogP contribution is -2.30. The Balaban J connectivity index is 1.66. The molecule has 11 heteroatoms. The van der Waals surface area contributed by atoms with Crippen LogP contribution in [0, 0.1) is 12.7 Å². The van der Waals surface area contributed by atoms with E-state index in [1.165, 1.54) is 23.0 Å². The van der Waals surface area contributed by atoms with E-state index in [2.05, 4.69) is 30.8 Å². The van der Waals surface area contributed by atoms with Crippen LogP contribution in [0.5, 0.6) is 5.75 Å². The minimum atomic E-state index is -0.690. The molecule has 2 heterocycles. The molecule has 0 aliphatic rings. The van der Waals surface area contributed by atoms with Gasteiger partial charge in [-0.25, -0.2) is 9.18 Å². The van der Waals surface area contributed by atoms with Crippen LogP contribution in [-0.2, 0) is 0 Å². The summed E-state index contributed by atoms with van der Waals surface area (Å²) in [6.45, 7) is 3.49. The Morgan fingerprint density at radius 1 is 1.22 bits per heavy atom. The Bertz CT molecular complexity index is 1270. The van der Waals surface area contributed by atoms with Gasteiger partial charge in [0.05, 0.1) is 28.6 Å². The normalized spacial score (nSPS) is 11.8. The van der Waals surface area contributed by atoms with Crippen LogP contribution in [0.4, 0.5) is 9.18 Å². The summed E-state index contributed by atoms with van der Waals surface area (Å²) in [6, 6.07) is 8.62. The van der Waals surface area contributed by atoms with E-state index in [1.807, 2.05) is 0 Å². The van der Waals surface area contributed by atoms with Crippen LogP contribution in [0.1, 0.15) is 24.5 Å². The van der Waals surface area contributed by atoms with Crippen molar-refractivity contribution in [3.63, 3.8) is 0 Å². The van der Waals surface area contributed by atoms with E-state index in [9.17, 15) is 9.18 Å². The van der Waals surface area contributed by atoms with Crippen LogP contribution >= 0.6 is 11.6 Å². The topological polar surface area (TPSA) is 108 Å². The summed E-state index contributed by atoms with van der Waals surface area (Å²) in [6.07, 6.45) is 3.95. The Hall–Kier alpha value is -3.92. The molecule has 0 fully saturated rings. The van der Waals surface area contributed by atoms with Gasteiger partial charge in [-0.15, -0.1) is 5.10 Å². The minimum Gasteiger partial charge on any atom is -0.410 e. The first-order valence-corrected chi connectivity index (χ1v) is 9.88. The van der Waals surface area contributed by atoms with Crippen molar-refractivity contribution < 1.29 is 13.9 Å². The van der Waals surface area contributed by atoms with Gasteiger partial charge in [-0.2, -0.15) is 4.68 Å². The molecule has 9 nitrogen and oxygen atoms in total. The molecule has 4 rings (SSSR count). The monoisotopic (exact) mass is 453 g/mol. The molecule has 32 heavy (non-hydrogen) atoms. The van der Waals surface area contributed by atoms with Gasteiger partial charge in [0.15, 0.2) is 5.82 Å². The van der Waals surface area contributed by atoms with E-state index in [0.717, 1.165) is 0 Å². The molecule has 2 aromatic carbocycles. The fourth-order valence-corrected chi connectivity index (χ4v) is 3.31. The first-order chi connectivity index (χ1) is 15.4. The summed E-state index contributed by atoms with van der Waals surface area (Å²) in [7, 11) is 0. The Morgan fingerprint density at radius 3 is 2.75 bits per heavy atom. The number of aromatic nitrogens is 6. The number of hydrogen-bond donors (Lipinski definition) is 1. The van der Waals surface area contributed by atoms with Gasteiger partial charge in [-0.1, -0.05) is 11.6 Å². The van der Waals surface area contributed by atoms with Crippen molar-refractivity contribution in [2.75, 3.05) is 0 Å². The highest BCUT2D eigenvalue weighted by molar-refractivity contribution is 6.33. The van der Waals surface area contributed by atoms with E-state index in [0.29, 0.717) is 28.3 Å². The third-order valence-corrected chi connectivity index (χ3v) is 4.89. The van der Waals surface area contributed by atoms with Gasteiger partial charge in [0.2, 0.25) is 0 Å². The molecule has 1 unspecified atom stereocenters.